The fraction of sp³-hybridized carbons (Fsp3) is 0.667. The maximum Gasteiger partial charge on any atom is 0.280 e. The molecule has 3 fully saturated rings. The number of rotatable bonds is 5. The highest BCUT2D eigenvalue weighted by molar-refractivity contribution is 6.04. The van der Waals surface area contributed by atoms with E-state index in [1.54, 1.807) is 6.92 Å². The van der Waals surface area contributed by atoms with E-state index in [4.69, 9.17) is 4.74 Å². The second kappa shape index (κ2) is 6.93. The number of carbonyl (C=O) groups is 2. The predicted molar refractivity (Wildman–Crippen MR) is 86.5 cm³/mol. The van der Waals surface area contributed by atoms with Crippen molar-refractivity contribution in [2.75, 3.05) is 20.3 Å². The minimum absolute atomic E-state index is 0.0104. The fourth-order valence-electron chi connectivity index (χ4n) is 2.86. The van der Waals surface area contributed by atoms with Crippen molar-refractivity contribution in [2.45, 2.75) is 43.4 Å². The summed E-state index contributed by atoms with van der Waals surface area (Å²) in [6.45, 7) is 1.56. The van der Waals surface area contributed by atoms with E-state index in [-0.39, 0.29) is 18.6 Å². The summed E-state index contributed by atoms with van der Waals surface area (Å²) in [5.74, 6) is -2.14. The number of nitrogens with one attached hydrogen (secondary N) is 2. The number of aliphatic hydroxyl groups is 4. The first-order chi connectivity index (χ1) is 12.0. The van der Waals surface area contributed by atoms with Crippen LogP contribution in [0, 0.1) is 0 Å². The molecule has 2 bridgehead atoms. The van der Waals surface area contributed by atoms with Crippen LogP contribution in [0.1, 0.15) is 20.3 Å². The van der Waals surface area contributed by atoms with Crippen LogP contribution < -0.4 is 10.6 Å². The fourth-order valence-corrected chi connectivity index (χ4v) is 2.86. The van der Waals surface area contributed by atoms with E-state index in [0.717, 1.165) is 6.92 Å². The second-order valence-electron chi connectivity index (χ2n) is 6.46. The van der Waals surface area contributed by atoms with Gasteiger partial charge in [-0.1, -0.05) is 5.16 Å². The molecule has 0 saturated carbocycles. The third-order valence-corrected chi connectivity index (χ3v) is 4.34. The molecule has 0 unspecified atom stereocenters. The molecule has 3 rings (SSSR count). The molecule has 3 saturated heterocycles. The number of fused-ring (bicyclic) bond motifs is 5. The first-order valence-corrected chi connectivity index (χ1v) is 7.85. The zero-order valence-electron chi connectivity index (χ0n) is 14.6. The van der Waals surface area contributed by atoms with Crippen molar-refractivity contribution >= 4 is 17.5 Å². The molecule has 3 heterocycles. The summed E-state index contributed by atoms with van der Waals surface area (Å²) in [6.07, 6.45) is -0.627. The molecule has 0 aliphatic carbocycles. The zero-order valence-corrected chi connectivity index (χ0v) is 14.6. The summed E-state index contributed by atoms with van der Waals surface area (Å²) in [6, 6.07) is 0. The number of ether oxygens (including phenoxy) is 1. The Hall–Kier alpha value is -2.05. The molecule has 0 spiro atoms. The van der Waals surface area contributed by atoms with E-state index in [1.807, 2.05) is 0 Å². The number of oxime groups is 1. The smallest absolute Gasteiger partial charge is 0.280 e. The molecule has 0 aromatic carbocycles. The number of amides is 2. The van der Waals surface area contributed by atoms with Crippen LogP contribution >= 0.6 is 0 Å². The monoisotopic (exact) mass is 373 g/mol. The molecule has 3 aliphatic rings. The van der Waals surface area contributed by atoms with Gasteiger partial charge in [-0.3, -0.25) is 9.59 Å². The maximum atomic E-state index is 12.6. The van der Waals surface area contributed by atoms with Crippen LogP contribution in [0.25, 0.3) is 0 Å². The van der Waals surface area contributed by atoms with Crippen LogP contribution in [-0.4, -0.2) is 81.4 Å². The highest BCUT2D eigenvalue weighted by Crippen LogP contribution is 2.33. The van der Waals surface area contributed by atoms with Gasteiger partial charge in [-0.15, -0.1) is 0 Å². The zero-order chi connectivity index (χ0) is 19.8. The Bertz CT molecular complexity index is 661. The van der Waals surface area contributed by atoms with Crippen molar-refractivity contribution in [3.8, 4) is 0 Å². The third kappa shape index (κ3) is 3.19. The third-order valence-electron chi connectivity index (χ3n) is 4.34. The Morgan fingerprint density at radius 1 is 1.46 bits per heavy atom. The van der Waals surface area contributed by atoms with E-state index in [2.05, 4.69) is 20.6 Å². The number of piperazine rings is 1. The number of carbonyl (C=O) groups excluding carboxylic acids is 2. The number of nitrogens with zero attached hydrogens (tertiary/aromatic N) is 1. The van der Waals surface area contributed by atoms with Gasteiger partial charge >= 0.3 is 0 Å². The number of aliphatic hydroxyl groups excluding tert-OH is 2. The Kier molecular flexibility index (Phi) is 5.40. The van der Waals surface area contributed by atoms with Gasteiger partial charge in [-0.05, 0) is 31.9 Å². The van der Waals surface area contributed by atoms with Gasteiger partial charge < -0.3 is 40.6 Å². The van der Waals surface area contributed by atoms with E-state index in [9.17, 15) is 30.0 Å². The topological polar surface area (TPSA) is 170 Å². The normalized spacial score (nSPS) is 34.4. The van der Waals surface area contributed by atoms with E-state index < -0.39 is 41.6 Å². The van der Waals surface area contributed by atoms with E-state index in [1.165, 1.54) is 13.2 Å². The van der Waals surface area contributed by atoms with Gasteiger partial charge in [-0.25, -0.2) is 0 Å². The lowest BCUT2D eigenvalue weighted by Gasteiger charge is -2.50. The van der Waals surface area contributed by atoms with Gasteiger partial charge in [0.15, 0.2) is 0 Å². The van der Waals surface area contributed by atoms with Crippen LogP contribution in [0.5, 0.6) is 0 Å². The summed E-state index contributed by atoms with van der Waals surface area (Å²) in [5, 5.41) is 48.4. The van der Waals surface area contributed by atoms with Gasteiger partial charge in [0.1, 0.15) is 18.8 Å². The van der Waals surface area contributed by atoms with Crippen molar-refractivity contribution in [2.24, 2.45) is 5.16 Å². The van der Waals surface area contributed by atoms with Gasteiger partial charge in [0, 0.05) is 0 Å². The molecule has 4 atom stereocenters. The molecular weight excluding hydrogens is 350 g/mol. The highest BCUT2D eigenvalue weighted by atomic mass is 16.6. The van der Waals surface area contributed by atoms with Gasteiger partial charge in [0.25, 0.3) is 17.5 Å². The summed E-state index contributed by atoms with van der Waals surface area (Å²) in [5.41, 5.74) is -6.48. The van der Waals surface area contributed by atoms with Crippen molar-refractivity contribution in [1.82, 2.24) is 10.6 Å². The Labute approximate surface area is 149 Å². The lowest BCUT2D eigenvalue weighted by Crippen LogP contribution is -2.82. The van der Waals surface area contributed by atoms with Crippen LogP contribution in [0.15, 0.2) is 16.8 Å². The van der Waals surface area contributed by atoms with Crippen molar-refractivity contribution in [3.63, 3.8) is 0 Å². The maximum absolute atomic E-state index is 12.6. The molecule has 11 nitrogen and oxygen atoms in total. The second-order valence-corrected chi connectivity index (χ2v) is 6.46. The lowest BCUT2D eigenvalue weighted by atomic mass is 9.84. The molecule has 0 aromatic heterocycles. The standard InChI is InChI=1S/C15H23N3O8/c1-8(18-25-3)6-9-4-5-26-15(10(20)13(2,23)7-19)12(22)16-14(9,24)11(21)17-15/h6,10,19-20,23-24H,4-5,7H2,1-3H3,(H,16,22)(H,17,21)/b9-6+,18-8+/t10-,13-,14+,15-/m0/s1. The number of hydrogen-bond acceptors (Lipinski definition) is 9. The van der Waals surface area contributed by atoms with E-state index >= 15 is 0 Å². The van der Waals surface area contributed by atoms with Crippen molar-refractivity contribution < 1.29 is 39.6 Å². The average molecular weight is 373 g/mol. The molecule has 2 amide bonds. The summed E-state index contributed by atoms with van der Waals surface area (Å²) in [7, 11) is 1.33. The minimum atomic E-state index is -2.39. The summed E-state index contributed by atoms with van der Waals surface area (Å²) < 4.78 is 5.42. The highest BCUT2D eigenvalue weighted by Gasteiger charge is 2.63. The lowest BCUT2D eigenvalue weighted by molar-refractivity contribution is -0.230. The van der Waals surface area contributed by atoms with Crippen molar-refractivity contribution in [1.29, 1.82) is 0 Å². The summed E-state index contributed by atoms with van der Waals surface area (Å²) in [4.78, 5) is 29.8. The van der Waals surface area contributed by atoms with Crippen LogP contribution in [0.2, 0.25) is 0 Å². The minimum Gasteiger partial charge on any atom is -0.399 e. The molecular formula is C15H23N3O8. The Morgan fingerprint density at radius 2 is 2.12 bits per heavy atom. The van der Waals surface area contributed by atoms with Gasteiger partial charge in [0.05, 0.1) is 18.9 Å². The van der Waals surface area contributed by atoms with E-state index in [0.29, 0.717) is 5.71 Å². The average Bonchev–Trinajstić information content (AvgIpc) is 2.57. The molecule has 3 aliphatic heterocycles. The molecule has 0 radical (unpaired) electrons. The van der Waals surface area contributed by atoms with Crippen LogP contribution in [0.4, 0.5) is 0 Å². The van der Waals surface area contributed by atoms with Gasteiger partial charge in [0.2, 0.25) is 5.72 Å². The molecule has 11 heteroatoms. The molecule has 6 N–H and O–H groups in total. The Morgan fingerprint density at radius 3 is 2.69 bits per heavy atom. The number of allylic oxidation sites excluding steroid dienone is 1. The molecule has 26 heavy (non-hydrogen) atoms. The summed E-state index contributed by atoms with van der Waals surface area (Å²) >= 11 is 0. The van der Waals surface area contributed by atoms with Crippen LogP contribution in [-0.2, 0) is 19.2 Å². The first kappa shape index (κ1) is 20.3. The number of hydrogen-bond donors (Lipinski definition) is 6. The predicted octanol–water partition coefficient (Wildman–Crippen LogP) is -2.91. The molecule has 0 aromatic rings. The van der Waals surface area contributed by atoms with Crippen LogP contribution in [0.3, 0.4) is 0 Å². The SMILES string of the molecule is CO/N=C(C)/C=C1\CCO[C@]2([C@@H](O)[C@@](C)(O)CO)NC(=O)[C@@]1(O)NC2=O. The largest absolute Gasteiger partial charge is 0.399 e. The first-order valence-electron chi connectivity index (χ1n) is 7.85. The van der Waals surface area contributed by atoms with Crippen molar-refractivity contribution in [3.05, 3.63) is 11.6 Å². The Balaban J connectivity index is 2.47. The van der Waals surface area contributed by atoms with Gasteiger partial charge in [-0.2, -0.15) is 0 Å². The molecule has 146 valence electrons. The quantitative estimate of drug-likeness (QED) is 0.220.